The number of hydrogen-bond donors (Lipinski definition) is 1. The number of nitrogens with zero attached hydrogens (tertiary/aromatic N) is 3. The van der Waals surface area contributed by atoms with Crippen LogP contribution in [0.5, 0.6) is 11.5 Å². The van der Waals surface area contributed by atoms with Crippen molar-refractivity contribution in [2.75, 3.05) is 0 Å². The molecule has 2 N–H and O–H groups in total. The monoisotopic (exact) mass is 218 g/mol. The van der Waals surface area contributed by atoms with Crippen molar-refractivity contribution in [2.45, 2.75) is 0 Å². The van der Waals surface area contributed by atoms with Gasteiger partial charge in [-0.2, -0.15) is 5.10 Å². The summed E-state index contributed by atoms with van der Waals surface area (Å²) in [7, 11) is 1.79. The Morgan fingerprint density at radius 3 is 2.94 bits per heavy atom. The molecule has 0 saturated carbocycles. The minimum absolute atomic E-state index is 0.168. The molecule has 0 bridgehead atoms. The van der Waals surface area contributed by atoms with Crippen LogP contribution in [-0.4, -0.2) is 20.7 Å². The van der Waals surface area contributed by atoms with Gasteiger partial charge in [-0.25, -0.2) is 0 Å². The molecule has 0 aliphatic carbocycles. The molecule has 0 aliphatic heterocycles. The summed E-state index contributed by atoms with van der Waals surface area (Å²) >= 11 is 0. The largest absolute Gasteiger partial charge is 0.454 e. The van der Waals surface area contributed by atoms with E-state index < -0.39 is 5.91 Å². The summed E-state index contributed by atoms with van der Waals surface area (Å²) in [6.07, 6.45) is 4.75. The fourth-order valence-electron chi connectivity index (χ4n) is 1.20. The van der Waals surface area contributed by atoms with Crippen LogP contribution in [0.15, 0.2) is 30.7 Å². The van der Waals surface area contributed by atoms with Crippen molar-refractivity contribution in [3.05, 3.63) is 36.4 Å². The van der Waals surface area contributed by atoms with Crippen LogP contribution >= 0.6 is 0 Å². The molecular formula is C10H10N4O2. The number of nitrogens with two attached hydrogens (primary N) is 1. The molecule has 82 valence electrons. The molecule has 0 atom stereocenters. The van der Waals surface area contributed by atoms with Gasteiger partial charge in [0.25, 0.3) is 5.91 Å². The summed E-state index contributed by atoms with van der Waals surface area (Å²) in [6, 6.07) is 3.12. The molecule has 0 aliphatic rings. The van der Waals surface area contributed by atoms with Crippen LogP contribution in [0.1, 0.15) is 10.5 Å². The van der Waals surface area contributed by atoms with Crippen molar-refractivity contribution in [1.29, 1.82) is 0 Å². The summed E-state index contributed by atoms with van der Waals surface area (Å²) in [5, 5.41) is 3.95. The van der Waals surface area contributed by atoms with Crippen LogP contribution in [0.25, 0.3) is 0 Å². The number of carbonyl (C=O) groups excluding carboxylic acids is 1. The summed E-state index contributed by atoms with van der Waals surface area (Å²) < 4.78 is 7.08. The van der Waals surface area contributed by atoms with Crippen molar-refractivity contribution in [3.8, 4) is 11.5 Å². The fraction of sp³-hybridized carbons (Fsp3) is 0.100. The molecule has 16 heavy (non-hydrogen) atoms. The number of rotatable bonds is 3. The van der Waals surface area contributed by atoms with Crippen molar-refractivity contribution >= 4 is 5.91 Å². The first-order valence-corrected chi connectivity index (χ1v) is 4.57. The highest BCUT2D eigenvalue weighted by atomic mass is 16.5. The molecule has 2 aromatic rings. The predicted molar refractivity (Wildman–Crippen MR) is 56.0 cm³/mol. The second-order valence-corrected chi connectivity index (χ2v) is 3.19. The van der Waals surface area contributed by atoms with Crippen LogP contribution < -0.4 is 10.5 Å². The Balaban J connectivity index is 2.21. The van der Waals surface area contributed by atoms with Gasteiger partial charge in [-0.1, -0.05) is 0 Å². The third kappa shape index (κ3) is 2.17. The molecule has 0 unspecified atom stereocenters. The molecule has 1 amide bonds. The smallest absolute Gasteiger partial charge is 0.267 e. The zero-order valence-electron chi connectivity index (χ0n) is 8.62. The standard InChI is InChI=1S/C10H10N4O2/c1-14-6-8(5-13-14)16-7-2-3-12-9(4-7)10(11)15/h2-6H,1H3,(H2,11,15). The van der Waals surface area contributed by atoms with E-state index >= 15 is 0 Å². The number of primary amides is 1. The average Bonchev–Trinajstić information content (AvgIpc) is 2.64. The number of aromatic nitrogens is 3. The van der Waals surface area contributed by atoms with E-state index in [9.17, 15) is 4.79 Å². The van der Waals surface area contributed by atoms with Crippen LogP contribution in [0.4, 0.5) is 0 Å². The highest BCUT2D eigenvalue weighted by Crippen LogP contribution is 2.20. The second-order valence-electron chi connectivity index (χ2n) is 3.19. The quantitative estimate of drug-likeness (QED) is 0.822. The van der Waals surface area contributed by atoms with Crippen molar-refractivity contribution in [2.24, 2.45) is 12.8 Å². The minimum Gasteiger partial charge on any atom is -0.454 e. The van der Waals surface area contributed by atoms with E-state index in [1.165, 1.54) is 12.3 Å². The number of carbonyl (C=O) groups is 1. The molecule has 0 saturated heterocycles. The van der Waals surface area contributed by atoms with Gasteiger partial charge < -0.3 is 10.5 Å². The molecular weight excluding hydrogens is 208 g/mol. The maximum absolute atomic E-state index is 10.9. The molecule has 2 heterocycles. The van der Waals surface area contributed by atoms with Crippen LogP contribution in [0.3, 0.4) is 0 Å². The lowest BCUT2D eigenvalue weighted by Crippen LogP contribution is -2.12. The lowest BCUT2D eigenvalue weighted by molar-refractivity contribution is 0.0995. The molecule has 6 heteroatoms. The van der Waals surface area contributed by atoms with Crippen LogP contribution in [0, 0.1) is 0 Å². The van der Waals surface area contributed by atoms with E-state index in [1.807, 2.05) is 0 Å². The first-order chi connectivity index (χ1) is 7.65. The van der Waals surface area contributed by atoms with E-state index in [0.29, 0.717) is 11.5 Å². The van der Waals surface area contributed by atoms with Gasteiger partial charge in [0.15, 0.2) is 5.75 Å². The fourth-order valence-corrected chi connectivity index (χ4v) is 1.20. The van der Waals surface area contributed by atoms with E-state index in [-0.39, 0.29) is 5.69 Å². The molecule has 0 radical (unpaired) electrons. The zero-order valence-corrected chi connectivity index (χ0v) is 8.62. The van der Waals surface area contributed by atoms with Gasteiger partial charge in [-0.05, 0) is 6.07 Å². The van der Waals surface area contributed by atoms with E-state index in [4.69, 9.17) is 10.5 Å². The number of pyridine rings is 1. The van der Waals surface area contributed by atoms with Crippen molar-refractivity contribution in [1.82, 2.24) is 14.8 Å². The van der Waals surface area contributed by atoms with E-state index in [2.05, 4.69) is 10.1 Å². The van der Waals surface area contributed by atoms with Gasteiger partial charge in [-0.3, -0.25) is 14.5 Å². The Morgan fingerprint density at radius 1 is 1.50 bits per heavy atom. The molecule has 6 nitrogen and oxygen atoms in total. The highest BCUT2D eigenvalue weighted by Gasteiger charge is 2.05. The number of hydrogen-bond acceptors (Lipinski definition) is 4. The SMILES string of the molecule is Cn1cc(Oc2ccnc(C(N)=O)c2)cn1. The van der Waals surface area contributed by atoms with Crippen LogP contribution in [0.2, 0.25) is 0 Å². The maximum Gasteiger partial charge on any atom is 0.267 e. The minimum atomic E-state index is -0.586. The van der Waals surface area contributed by atoms with Gasteiger partial charge in [0.2, 0.25) is 0 Å². The molecule has 2 rings (SSSR count). The van der Waals surface area contributed by atoms with Gasteiger partial charge in [0.05, 0.1) is 12.4 Å². The Labute approximate surface area is 91.7 Å². The maximum atomic E-state index is 10.9. The molecule has 0 fully saturated rings. The third-order valence-corrected chi connectivity index (χ3v) is 1.90. The predicted octanol–water partition coefficient (Wildman–Crippen LogP) is 0.706. The molecule has 0 spiro atoms. The van der Waals surface area contributed by atoms with Gasteiger partial charge in [-0.15, -0.1) is 0 Å². The topological polar surface area (TPSA) is 83.0 Å². The summed E-state index contributed by atoms with van der Waals surface area (Å²) in [6.45, 7) is 0. The van der Waals surface area contributed by atoms with Gasteiger partial charge in [0.1, 0.15) is 11.4 Å². The third-order valence-electron chi connectivity index (χ3n) is 1.90. The number of ether oxygens (including phenoxy) is 1. The Bertz CT molecular complexity index is 521. The van der Waals surface area contributed by atoms with E-state index in [1.54, 1.807) is 30.2 Å². The molecule has 0 aromatic carbocycles. The van der Waals surface area contributed by atoms with Crippen molar-refractivity contribution in [3.63, 3.8) is 0 Å². The summed E-state index contributed by atoms with van der Waals surface area (Å²) in [4.78, 5) is 14.7. The van der Waals surface area contributed by atoms with Crippen molar-refractivity contribution < 1.29 is 9.53 Å². The molecule has 2 aromatic heterocycles. The first-order valence-electron chi connectivity index (χ1n) is 4.57. The highest BCUT2D eigenvalue weighted by molar-refractivity contribution is 5.91. The van der Waals surface area contributed by atoms with Crippen LogP contribution in [-0.2, 0) is 7.05 Å². The normalized spacial score (nSPS) is 10.1. The Morgan fingerprint density at radius 2 is 2.31 bits per heavy atom. The second kappa shape index (κ2) is 4.01. The average molecular weight is 218 g/mol. The summed E-state index contributed by atoms with van der Waals surface area (Å²) in [5.74, 6) is 0.498. The number of aryl methyl sites for hydroxylation is 1. The number of amides is 1. The van der Waals surface area contributed by atoms with Gasteiger partial charge in [0, 0.05) is 19.3 Å². The lowest BCUT2D eigenvalue weighted by atomic mass is 10.3. The van der Waals surface area contributed by atoms with Gasteiger partial charge >= 0.3 is 0 Å². The Hall–Kier alpha value is -2.37. The lowest BCUT2D eigenvalue weighted by Gasteiger charge is -2.02. The van der Waals surface area contributed by atoms with E-state index in [0.717, 1.165) is 0 Å². The first kappa shape index (κ1) is 10.2. The Kier molecular flexibility index (Phi) is 2.55. The summed E-state index contributed by atoms with van der Waals surface area (Å²) in [5.41, 5.74) is 5.27. The zero-order chi connectivity index (χ0) is 11.5.